The third-order valence-electron chi connectivity index (χ3n) is 4.61. The summed E-state index contributed by atoms with van der Waals surface area (Å²) in [7, 11) is 0. The molecule has 0 aliphatic carbocycles. The van der Waals surface area contributed by atoms with Crippen molar-refractivity contribution in [1.29, 1.82) is 0 Å². The van der Waals surface area contributed by atoms with Crippen molar-refractivity contribution in [3.63, 3.8) is 0 Å². The molecule has 1 aliphatic rings. The zero-order valence-corrected chi connectivity index (χ0v) is 14.4. The third-order valence-corrected chi connectivity index (χ3v) is 4.61. The number of carbonyl (C=O) groups is 2. The molecule has 0 N–H and O–H groups in total. The summed E-state index contributed by atoms with van der Waals surface area (Å²) >= 11 is 0. The lowest BCUT2D eigenvalue weighted by Crippen LogP contribution is -2.49. The molecule has 1 unspecified atom stereocenters. The standard InChI is InChI=1S/C19H23N3O3/c1-19(18(24)25-14-13-22-12-6-10-20-22)9-5-11-21(15-19)17(23)16-7-3-2-4-8-16/h2-4,6-8,10,12H,5,9,11,13-15H2,1H3. The van der Waals surface area contributed by atoms with Gasteiger partial charge in [0, 0.05) is 31.0 Å². The molecule has 2 heterocycles. The van der Waals surface area contributed by atoms with E-state index in [2.05, 4.69) is 5.10 Å². The molecule has 1 aromatic carbocycles. The number of ether oxygens (including phenoxy) is 1. The summed E-state index contributed by atoms with van der Waals surface area (Å²) in [5, 5.41) is 4.08. The predicted molar refractivity (Wildman–Crippen MR) is 92.9 cm³/mol. The maximum absolute atomic E-state index is 12.6. The molecule has 1 saturated heterocycles. The fourth-order valence-electron chi connectivity index (χ4n) is 3.18. The van der Waals surface area contributed by atoms with E-state index in [0.29, 0.717) is 25.2 Å². The lowest BCUT2D eigenvalue weighted by atomic mass is 9.81. The minimum absolute atomic E-state index is 0.0316. The van der Waals surface area contributed by atoms with Crippen molar-refractivity contribution in [2.45, 2.75) is 26.3 Å². The van der Waals surface area contributed by atoms with Gasteiger partial charge in [-0.1, -0.05) is 18.2 Å². The van der Waals surface area contributed by atoms with Gasteiger partial charge in [-0.15, -0.1) is 0 Å². The highest BCUT2D eigenvalue weighted by Crippen LogP contribution is 2.31. The number of hydrogen-bond acceptors (Lipinski definition) is 4. The molecule has 25 heavy (non-hydrogen) atoms. The molecule has 0 spiro atoms. The van der Waals surface area contributed by atoms with E-state index in [9.17, 15) is 9.59 Å². The minimum Gasteiger partial charge on any atom is -0.463 e. The van der Waals surface area contributed by atoms with Crippen LogP contribution >= 0.6 is 0 Å². The highest BCUT2D eigenvalue weighted by Gasteiger charge is 2.40. The molecule has 0 saturated carbocycles. The van der Waals surface area contributed by atoms with Crippen LogP contribution in [0.15, 0.2) is 48.8 Å². The first-order valence-corrected chi connectivity index (χ1v) is 8.57. The van der Waals surface area contributed by atoms with Gasteiger partial charge in [-0.2, -0.15) is 5.10 Å². The van der Waals surface area contributed by atoms with E-state index in [0.717, 1.165) is 12.8 Å². The Balaban J connectivity index is 1.58. The first-order chi connectivity index (χ1) is 12.1. The van der Waals surface area contributed by atoms with Gasteiger partial charge >= 0.3 is 5.97 Å². The average molecular weight is 341 g/mol. The molecule has 0 radical (unpaired) electrons. The largest absolute Gasteiger partial charge is 0.463 e. The van der Waals surface area contributed by atoms with Crippen LogP contribution in [0.25, 0.3) is 0 Å². The van der Waals surface area contributed by atoms with E-state index in [1.807, 2.05) is 37.4 Å². The van der Waals surface area contributed by atoms with Gasteiger partial charge in [0.2, 0.25) is 0 Å². The predicted octanol–water partition coefficient (Wildman–Crippen LogP) is 2.37. The second kappa shape index (κ2) is 7.51. The van der Waals surface area contributed by atoms with Crippen LogP contribution in [0, 0.1) is 5.41 Å². The topological polar surface area (TPSA) is 64.4 Å². The summed E-state index contributed by atoms with van der Waals surface area (Å²) in [6.45, 7) is 3.75. The van der Waals surface area contributed by atoms with Crippen LogP contribution in [-0.4, -0.2) is 46.3 Å². The smallest absolute Gasteiger partial charge is 0.313 e. The van der Waals surface area contributed by atoms with E-state index in [1.165, 1.54) is 0 Å². The molecular formula is C19H23N3O3. The number of esters is 1. The summed E-state index contributed by atoms with van der Waals surface area (Å²) in [5.41, 5.74) is -0.00825. The number of aromatic nitrogens is 2. The first-order valence-electron chi connectivity index (χ1n) is 8.57. The lowest BCUT2D eigenvalue weighted by molar-refractivity contribution is -0.157. The summed E-state index contributed by atoms with van der Waals surface area (Å²) in [6, 6.07) is 11.0. The van der Waals surface area contributed by atoms with Gasteiger partial charge < -0.3 is 9.64 Å². The molecular weight excluding hydrogens is 318 g/mol. The molecule has 1 atom stereocenters. The van der Waals surface area contributed by atoms with Crippen molar-refractivity contribution in [3.8, 4) is 0 Å². The molecule has 1 aliphatic heterocycles. The van der Waals surface area contributed by atoms with Crippen LogP contribution in [0.2, 0.25) is 0 Å². The van der Waals surface area contributed by atoms with Crippen LogP contribution in [0.3, 0.4) is 0 Å². The molecule has 1 fully saturated rings. The number of nitrogens with zero attached hydrogens (tertiary/aromatic N) is 3. The fourth-order valence-corrected chi connectivity index (χ4v) is 3.18. The molecule has 1 amide bonds. The van der Waals surface area contributed by atoms with Crippen molar-refractivity contribution < 1.29 is 14.3 Å². The number of rotatable bonds is 5. The molecule has 3 rings (SSSR count). The van der Waals surface area contributed by atoms with Crippen molar-refractivity contribution >= 4 is 11.9 Å². The molecule has 0 bridgehead atoms. The Morgan fingerprint density at radius 1 is 1.24 bits per heavy atom. The molecule has 6 nitrogen and oxygen atoms in total. The Kier molecular flexibility index (Phi) is 5.16. The highest BCUT2D eigenvalue weighted by atomic mass is 16.5. The van der Waals surface area contributed by atoms with Crippen LogP contribution < -0.4 is 0 Å². The molecule has 132 valence electrons. The van der Waals surface area contributed by atoms with E-state index in [1.54, 1.807) is 27.9 Å². The zero-order chi connectivity index (χ0) is 17.7. The highest BCUT2D eigenvalue weighted by molar-refractivity contribution is 5.94. The van der Waals surface area contributed by atoms with Crippen LogP contribution in [0.4, 0.5) is 0 Å². The second-order valence-electron chi connectivity index (χ2n) is 6.66. The number of benzene rings is 1. The molecule has 1 aromatic heterocycles. The van der Waals surface area contributed by atoms with E-state index in [-0.39, 0.29) is 18.5 Å². The lowest BCUT2D eigenvalue weighted by Gasteiger charge is -2.38. The SMILES string of the molecule is CC1(C(=O)OCCn2cccn2)CCCN(C(=O)c2ccccc2)C1. The van der Waals surface area contributed by atoms with Gasteiger partial charge in [-0.25, -0.2) is 0 Å². The monoisotopic (exact) mass is 341 g/mol. The number of carbonyl (C=O) groups excluding carboxylic acids is 2. The third kappa shape index (κ3) is 4.07. The Hall–Kier alpha value is -2.63. The normalized spacial score (nSPS) is 20.3. The summed E-state index contributed by atoms with van der Waals surface area (Å²) < 4.78 is 7.18. The summed E-state index contributed by atoms with van der Waals surface area (Å²) in [4.78, 5) is 27.0. The van der Waals surface area contributed by atoms with Crippen LogP contribution in [0.5, 0.6) is 0 Å². The van der Waals surface area contributed by atoms with Gasteiger partial charge in [-0.3, -0.25) is 14.3 Å². The number of piperidine rings is 1. The fraction of sp³-hybridized carbons (Fsp3) is 0.421. The van der Waals surface area contributed by atoms with Gasteiger partial charge in [0.05, 0.1) is 12.0 Å². The molecule has 2 aromatic rings. The quantitative estimate of drug-likeness (QED) is 0.783. The maximum Gasteiger partial charge on any atom is 0.313 e. The van der Waals surface area contributed by atoms with E-state index >= 15 is 0 Å². The van der Waals surface area contributed by atoms with Crippen LogP contribution in [0.1, 0.15) is 30.1 Å². The van der Waals surface area contributed by atoms with Gasteiger partial charge in [0.15, 0.2) is 0 Å². The number of likely N-dealkylation sites (tertiary alicyclic amines) is 1. The van der Waals surface area contributed by atoms with E-state index in [4.69, 9.17) is 4.74 Å². The van der Waals surface area contributed by atoms with Crippen molar-refractivity contribution in [2.24, 2.45) is 5.41 Å². The van der Waals surface area contributed by atoms with Crippen LogP contribution in [-0.2, 0) is 16.1 Å². The summed E-state index contributed by atoms with van der Waals surface area (Å²) in [5.74, 6) is -0.277. The van der Waals surface area contributed by atoms with Crippen molar-refractivity contribution in [1.82, 2.24) is 14.7 Å². The molecule has 6 heteroatoms. The van der Waals surface area contributed by atoms with Gasteiger partial charge in [-0.05, 0) is 38.0 Å². The Bertz CT molecular complexity index is 715. The Morgan fingerprint density at radius 3 is 2.76 bits per heavy atom. The minimum atomic E-state index is -0.660. The zero-order valence-electron chi connectivity index (χ0n) is 14.4. The number of amides is 1. The second-order valence-corrected chi connectivity index (χ2v) is 6.66. The van der Waals surface area contributed by atoms with E-state index < -0.39 is 5.41 Å². The number of hydrogen-bond donors (Lipinski definition) is 0. The Labute approximate surface area is 147 Å². The van der Waals surface area contributed by atoms with Crippen molar-refractivity contribution in [3.05, 3.63) is 54.4 Å². The van der Waals surface area contributed by atoms with Gasteiger partial charge in [0.1, 0.15) is 6.61 Å². The Morgan fingerprint density at radius 2 is 2.04 bits per heavy atom. The van der Waals surface area contributed by atoms with Gasteiger partial charge in [0.25, 0.3) is 5.91 Å². The average Bonchev–Trinajstić information content (AvgIpc) is 3.15. The maximum atomic E-state index is 12.6. The summed E-state index contributed by atoms with van der Waals surface area (Å²) in [6.07, 6.45) is 5.04. The first kappa shape index (κ1) is 17.2. The van der Waals surface area contributed by atoms with Crippen molar-refractivity contribution in [2.75, 3.05) is 19.7 Å².